The minimum Gasteiger partial charge on any atom is -0.507 e. The highest BCUT2D eigenvalue weighted by Gasteiger charge is 2.43. The second-order valence-corrected chi connectivity index (χ2v) is 5.23. The number of benzene rings is 1. The molecule has 1 aromatic rings. The monoisotopic (exact) mass is 269 g/mol. The molecule has 2 N–H and O–H groups in total. The molecule has 0 saturated carbocycles. The summed E-state index contributed by atoms with van der Waals surface area (Å²) in [6.07, 6.45) is 1.56. The molecule has 18 heavy (non-hydrogen) atoms. The smallest absolute Gasteiger partial charge is 0.257 e. The summed E-state index contributed by atoms with van der Waals surface area (Å²) in [4.78, 5) is 13.6. The Kier molecular flexibility index (Phi) is 3.50. The van der Waals surface area contributed by atoms with E-state index >= 15 is 0 Å². The highest BCUT2D eigenvalue weighted by atomic mass is 35.5. The zero-order valence-electron chi connectivity index (χ0n) is 10.2. The molecule has 0 atom stereocenters. The van der Waals surface area contributed by atoms with Crippen molar-refractivity contribution in [3.05, 3.63) is 28.8 Å². The number of amides is 1. The summed E-state index contributed by atoms with van der Waals surface area (Å²) in [5.41, 5.74) is -0.537. The lowest BCUT2D eigenvalue weighted by Gasteiger charge is -2.46. The maximum absolute atomic E-state index is 12.1. The molecule has 0 aliphatic carbocycles. The van der Waals surface area contributed by atoms with Crippen LogP contribution in [0.4, 0.5) is 0 Å². The van der Waals surface area contributed by atoms with Crippen molar-refractivity contribution in [3.8, 4) is 5.75 Å². The van der Waals surface area contributed by atoms with Crippen molar-refractivity contribution in [1.29, 1.82) is 0 Å². The molecule has 1 aliphatic heterocycles. The number of nitrogens with zero attached hydrogens (tertiary/aromatic N) is 1. The Morgan fingerprint density at radius 2 is 2.17 bits per heavy atom. The predicted molar refractivity (Wildman–Crippen MR) is 68.9 cm³/mol. The third-order valence-electron chi connectivity index (χ3n) is 3.16. The molecule has 0 spiro atoms. The van der Waals surface area contributed by atoms with Gasteiger partial charge in [0, 0.05) is 5.02 Å². The first-order valence-electron chi connectivity index (χ1n) is 5.95. The van der Waals surface area contributed by atoms with Gasteiger partial charge in [0.15, 0.2) is 0 Å². The summed E-state index contributed by atoms with van der Waals surface area (Å²) in [6.45, 7) is 2.64. The Bertz CT molecular complexity index is 469. The summed E-state index contributed by atoms with van der Waals surface area (Å²) in [7, 11) is 0. The summed E-state index contributed by atoms with van der Waals surface area (Å²) < 4.78 is 0. The van der Waals surface area contributed by atoms with Crippen molar-refractivity contribution in [2.75, 3.05) is 13.1 Å². The lowest BCUT2D eigenvalue weighted by molar-refractivity contribution is -0.0860. The lowest BCUT2D eigenvalue weighted by Crippen LogP contribution is -2.63. The van der Waals surface area contributed by atoms with Crippen molar-refractivity contribution in [1.82, 2.24) is 4.90 Å². The van der Waals surface area contributed by atoms with Crippen molar-refractivity contribution in [2.45, 2.75) is 25.4 Å². The molecule has 5 heteroatoms. The summed E-state index contributed by atoms with van der Waals surface area (Å²) in [5.74, 6) is -0.400. The standard InChI is InChI=1S/C13H16ClNO3/c1-2-5-13(18)7-15(8-13)12(17)10-4-3-9(14)6-11(10)16/h3-4,6,16,18H,2,5,7-8H2,1H3. The number of carbonyl (C=O) groups excluding carboxylic acids is 1. The summed E-state index contributed by atoms with van der Waals surface area (Å²) in [5, 5.41) is 20.1. The zero-order chi connectivity index (χ0) is 13.3. The Morgan fingerprint density at radius 1 is 1.50 bits per heavy atom. The van der Waals surface area contributed by atoms with Gasteiger partial charge in [0.05, 0.1) is 24.3 Å². The molecule has 0 radical (unpaired) electrons. The first-order valence-corrected chi connectivity index (χ1v) is 6.33. The van der Waals surface area contributed by atoms with E-state index in [1.54, 1.807) is 6.07 Å². The van der Waals surface area contributed by atoms with E-state index in [0.29, 0.717) is 24.5 Å². The van der Waals surface area contributed by atoms with Gasteiger partial charge in [-0.1, -0.05) is 24.9 Å². The Labute approximate surface area is 111 Å². The van der Waals surface area contributed by atoms with Gasteiger partial charge >= 0.3 is 0 Å². The van der Waals surface area contributed by atoms with Gasteiger partial charge in [-0.15, -0.1) is 0 Å². The zero-order valence-corrected chi connectivity index (χ0v) is 10.9. The van der Waals surface area contributed by atoms with Crippen LogP contribution in [0.2, 0.25) is 5.02 Å². The molecule has 1 aliphatic rings. The van der Waals surface area contributed by atoms with Crippen LogP contribution < -0.4 is 0 Å². The number of likely N-dealkylation sites (tertiary alicyclic amines) is 1. The SMILES string of the molecule is CCCC1(O)CN(C(=O)c2ccc(Cl)cc2O)C1. The number of hydrogen-bond donors (Lipinski definition) is 2. The quantitative estimate of drug-likeness (QED) is 0.883. The molecule has 0 aromatic heterocycles. The highest BCUT2D eigenvalue weighted by Crippen LogP contribution is 2.30. The highest BCUT2D eigenvalue weighted by molar-refractivity contribution is 6.30. The minimum atomic E-state index is -0.757. The Balaban J connectivity index is 2.06. The van der Waals surface area contributed by atoms with Crippen LogP contribution in [0.5, 0.6) is 5.75 Å². The number of β-amino-alcohol motifs (C(OH)–C–C–N with tert-alkyl or cyclic N) is 1. The Morgan fingerprint density at radius 3 is 2.72 bits per heavy atom. The number of carbonyl (C=O) groups is 1. The lowest BCUT2D eigenvalue weighted by atomic mass is 9.88. The Hall–Kier alpha value is -1.26. The molecule has 2 rings (SSSR count). The topological polar surface area (TPSA) is 60.8 Å². The maximum Gasteiger partial charge on any atom is 0.257 e. The van der Waals surface area contributed by atoms with Gasteiger partial charge in [0.1, 0.15) is 5.75 Å². The van der Waals surface area contributed by atoms with Crippen LogP contribution >= 0.6 is 11.6 Å². The van der Waals surface area contributed by atoms with E-state index in [1.807, 2.05) is 6.92 Å². The van der Waals surface area contributed by atoms with E-state index in [1.165, 1.54) is 17.0 Å². The van der Waals surface area contributed by atoms with E-state index in [9.17, 15) is 15.0 Å². The third-order valence-corrected chi connectivity index (χ3v) is 3.40. The van der Waals surface area contributed by atoms with Gasteiger partial charge < -0.3 is 15.1 Å². The molecular formula is C13H16ClNO3. The minimum absolute atomic E-state index is 0.126. The maximum atomic E-state index is 12.1. The van der Waals surface area contributed by atoms with Crippen LogP contribution in [-0.4, -0.2) is 39.7 Å². The van der Waals surface area contributed by atoms with Crippen molar-refractivity contribution in [3.63, 3.8) is 0 Å². The average Bonchev–Trinajstić information content (AvgIpc) is 2.25. The first-order chi connectivity index (χ1) is 8.45. The molecule has 98 valence electrons. The van der Waals surface area contributed by atoms with Gasteiger partial charge in [-0.05, 0) is 24.6 Å². The first kappa shape index (κ1) is 13.2. The van der Waals surface area contributed by atoms with E-state index in [4.69, 9.17) is 11.6 Å². The predicted octanol–water partition coefficient (Wildman–Crippen LogP) is 2.03. The van der Waals surface area contributed by atoms with Gasteiger partial charge in [0.2, 0.25) is 0 Å². The van der Waals surface area contributed by atoms with Gasteiger partial charge in [-0.3, -0.25) is 4.79 Å². The number of halogens is 1. The number of hydrogen-bond acceptors (Lipinski definition) is 3. The van der Waals surface area contributed by atoms with Crippen molar-refractivity contribution >= 4 is 17.5 Å². The van der Waals surface area contributed by atoms with Gasteiger partial charge in [0.25, 0.3) is 5.91 Å². The van der Waals surface area contributed by atoms with E-state index in [-0.39, 0.29) is 17.2 Å². The second kappa shape index (κ2) is 4.78. The van der Waals surface area contributed by atoms with E-state index in [2.05, 4.69) is 0 Å². The van der Waals surface area contributed by atoms with Crippen LogP contribution in [0.25, 0.3) is 0 Å². The molecule has 1 saturated heterocycles. The molecule has 1 amide bonds. The fraction of sp³-hybridized carbons (Fsp3) is 0.462. The number of aromatic hydroxyl groups is 1. The van der Waals surface area contributed by atoms with E-state index < -0.39 is 5.60 Å². The fourth-order valence-electron chi connectivity index (χ4n) is 2.29. The summed E-state index contributed by atoms with van der Waals surface area (Å²) in [6, 6.07) is 4.40. The van der Waals surface area contributed by atoms with E-state index in [0.717, 1.165) is 6.42 Å². The summed E-state index contributed by atoms with van der Waals surface area (Å²) >= 11 is 5.71. The number of phenolic OH excluding ortho intramolecular Hbond substituents is 1. The number of aliphatic hydroxyl groups is 1. The van der Waals surface area contributed by atoms with Crippen molar-refractivity contribution in [2.24, 2.45) is 0 Å². The molecular weight excluding hydrogens is 254 g/mol. The van der Waals surface area contributed by atoms with Crippen LogP contribution in [0.3, 0.4) is 0 Å². The normalized spacial score (nSPS) is 17.4. The van der Waals surface area contributed by atoms with Crippen LogP contribution in [0.1, 0.15) is 30.1 Å². The average molecular weight is 270 g/mol. The molecule has 0 unspecified atom stereocenters. The molecule has 1 aromatic carbocycles. The van der Waals surface area contributed by atoms with Crippen molar-refractivity contribution < 1.29 is 15.0 Å². The number of rotatable bonds is 3. The van der Waals surface area contributed by atoms with Gasteiger partial charge in [-0.2, -0.15) is 0 Å². The fourth-order valence-corrected chi connectivity index (χ4v) is 2.45. The van der Waals surface area contributed by atoms with Crippen LogP contribution in [-0.2, 0) is 0 Å². The largest absolute Gasteiger partial charge is 0.507 e. The van der Waals surface area contributed by atoms with Crippen LogP contribution in [0, 0.1) is 0 Å². The van der Waals surface area contributed by atoms with Crippen LogP contribution in [0.15, 0.2) is 18.2 Å². The molecule has 1 fully saturated rings. The molecule has 4 nitrogen and oxygen atoms in total. The number of phenols is 1. The second-order valence-electron chi connectivity index (χ2n) is 4.80. The van der Waals surface area contributed by atoms with Gasteiger partial charge in [-0.25, -0.2) is 0 Å². The molecule has 0 bridgehead atoms. The molecule has 1 heterocycles. The third kappa shape index (κ3) is 2.44.